The van der Waals surface area contributed by atoms with Crippen molar-refractivity contribution in [3.8, 4) is 11.5 Å². The van der Waals surface area contributed by atoms with Gasteiger partial charge in [0.25, 0.3) is 0 Å². The molecule has 1 N–H and O–H groups in total. The van der Waals surface area contributed by atoms with Gasteiger partial charge in [0.15, 0.2) is 14.7 Å². The zero-order chi connectivity index (χ0) is 27.0. The summed E-state index contributed by atoms with van der Waals surface area (Å²) in [7, 11) is -0.251. The van der Waals surface area contributed by atoms with Crippen LogP contribution in [0, 0.1) is 11.5 Å². The van der Waals surface area contributed by atoms with Crippen LogP contribution in [-0.4, -0.2) is 18.3 Å². The molecule has 5 rings (SSSR count). The zero-order valence-electron chi connectivity index (χ0n) is 21.6. The van der Waals surface area contributed by atoms with E-state index in [2.05, 4.69) is 73.3 Å². The van der Waals surface area contributed by atoms with E-state index < -0.39 is 0 Å². The SMILES string of the molecule is C=[C-]C(=O)CCOc1ccc(C(=N)Oc2ccc([S+](c3ccccc3)c3ccccc3)cc2)c2ccccc12.[Rh]. The molecule has 40 heavy (non-hydrogen) atoms. The third-order valence-corrected chi connectivity index (χ3v) is 8.38. The fourth-order valence-corrected chi connectivity index (χ4v) is 6.36. The second-order valence-corrected chi connectivity index (χ2v) is 10.7. The van der Waals surface area contributed by atoms with Crippen molar-refractivity contribution in [2.75, 3.05) is 6.61 Å². The van der Waals surface area contributed by atoms with Gasteiger partial charge < -0.3 is 20.3 Å². The van der Waals surface area contributed by atoms with Gasteiger partial charge in [0, 0.05) is 36.8 Å². The number of fused-ring (bicyclic) bond motifs is 1. The van der Waals surface area contributed by atoms with Crippen molar-refractivity contribution in [1.29, 1.82) is 5.41 Å². The van der Waals surface area contributed by atoms with Gasteiger partial charge in [-0.25, -0.2) is 0 Å². The maximum absolute atomic E-state index is 11.5. The molecule has 1 radical (unpaired) electrons. The summed E-state index contributed by atoms with van der Waals surface area (Å²) in [4.78, 5) is 15.1. The molecule has 0 spiro atoms. The van der Waals surface area contributed by atoms with E-state index in [1.807, 2.05) is 60.7 Å². The Kier molecular flexibility index (Phi) is 10.1. The summed E-state index contributed by atoms with van der Waals surface area (Å²) in [6.07, 6.45) is 2.56. The molecule has 0 atom stereocenters. The third kappa shape index (κ3) is 6.77. The van der Waals surface area contributed by atoms with Crippen molar-refractivity contribution >= 4 is 33.3 Å². The summed E-state index contributed by atoms with van der Waals surface area (Å²) in [5, 5.41) is 10.4. The Balaban J connectivity index is 0.00000370. The molecule has 0 amide bonds. The second kappa shape index (κ2) is 13.9. The number of benzene rings is 5. The van der Waals surface area contributed by atoms with Gasteiger partial charge >= 0.3 is 0 Å². The number of hydrogen-bond donors (Lipinski definition) is 1. The first-order valence-corrected chi connectivity index (χ1v) is 13.8. The van der Waals surface area contributed by atoms with E-state index in [4.69, 9.17) is 14.9 Å². The van der Waals surface area contributed by atoms with Crippen molar-refractivity contribution in [2.24, 2.45) is 0 Å². The first kappa shape index (κ1) is 29.0. The summed E-state index contributed by atoms with van der Waals surface area (Å²) < 4.78 is 11.9. The first-order valence-electron chi connectivity index (χ1n) is 12.6. The molecule has 0 unspecified atom stereocenters. The number of carbonyl (C=O) groups excluding carboxylic acids is 1. The van der Waals surface area contributed by atoms with E-state index in [0.717, 1.165) is 10.8 Å². The van der Waals surface area contributed by atoms with Crippen LogP contribution in [-0.2, 0) is 35.2 Å². The van der Waals surface area contributed by atoms with Gasteiger partial charge in [-0.15, -0.1) is 0 Å². The third-order valence-electron chi connectivity index (χ3n) is 6.15. The number of ketones is 1. The predicted molar refractivity (Wildman–Crippen MR) is 157 cm³/mol. The van der Waals surface area contributed by atoms with Crippen LogP contribution in [0.15, 0.2) is 143 Å². The molecule has 5 aromatic carbocycles. The topological polar surface area (TPSA) is 59.4 Å². The second-order valence-electron chi connectivity index (χ2n) is 8.69. The molecule has 0 bridgehead atoms. The largest absolute Gasteiger partial charge is 0.493 e. The minimum Gasteiger partial charge on any atom is -0.493 e. The summed E-state index contributed by atoms with van der Waals surface area (Å²) >= 11 is 0. The van der Waals surface area contributed by atoms with E-state index in [1.165, 1.54) is 14.7 Å². The van der Waals surface area contributed by atoms with Crippen LogP contribution in [0.4, 0.5) is 0 Å². The van der Waals surface area contributed by atoms with Crippen LogP contribution in [0.1, 0.15) is 12.0 Å². The Hall–Kier alpha value is -3.99. The first-order chi connectivity index (χ1) is 19.1. The molecule has 0 aliphatic heterocycles. The molecule has 0 aliphatic carbocycles. The molecule has 0 heterocycles. The number of rotatable bonds is 10. The van der Waals surface area contributed by atoms with Crippen molar-refractivity contribution in [3.63, 3.8) is 0 Å². The van der Waals surface area contributed by atoms with Crippen molar-refractivity contribution in [2.45, 2.75) is 21.1 Å². The Morgan fingerprint density at radius 2 is 1.27 bits per heavy atom. The van der Waals surface area contributed by atoms with Gasteiger partial charge in [0.1, 0.15) is 11.5 Å². The normalized spacial score (nSPS) is 10.5. The average Bonchev–Trinajstić information content (AvgIpc) is 2.99. The standard InChI is InChI=1S/C34H27NO3S.Rh/c1-2-25(36)23-24-37-33-22-21-32(30-15-9-10-16-31(30)33)34(35)38-26-17-19-29(20-18-26)39(27-11-5-3-6-12-27)28-13-7-4-8-14-28;/h3-22,35H,1,23-24H2;. The van der Waals surface area contributed by atoms with E-state index in [1.54, 1.807) is 0 Å². The van der Waals surface area contributed by atoms with Crippen LogP contribution in [0.3, 0.4) is 0 Å². The van der Waals surface area contributed by atoms with E-state index in [9.17, 15) is 4.79 Å². The summed E-state index contributed by atoms with van der Waals surface area (Å²) in [6, 6.07) is 40.3. The van der Waals surface area contributed by atoms with Crippen molar-refractivity contribution in [3.05, 3.63) is 140 Å². The van der Waals surface area contributed by atoms with Crippen LogP contribution in [0.5, 0.6) is 11.5 Å². The fraction of sp³-hybridized carbons (Fsp3) is 0.0588. The van der Waals surface area contributed by atoms with Gasteiger partial charge in [-0.1, -0.05) is 60.7 Å². The summed E-state index contributed by atoms with van der Waals surface area (Å²) in [6.45, 7) is 3.61. The molecular formula is C34H27NO3RhS. The van der Waals surface area contributed by atoms with E-state index in [0.29, 0.717) is 17.1 Å². The van der Waals surface area contributed by atoms with Gasteiger partial charge in [0.2, 0.25) is 5.90 Å². The minimum absolute atomic E-state index is 0. The van der Waals surface area contributed by atoms with Gasteiger partial charge in [-0.3, -0.25) is 12.0 Å². The monoisotopic (exact) mass is 632 g/mol. The summed E-state index contributed by atoms with van der Waals surface area (Å²) in [5.74, 6) is 1.11. The van der Waals surface area contributed by atoms with Crippen molar-refractivity contribution in [1.82, 2.24) is 0 Å². The van der Waals surface area contributed by atoms with Gasteiger partial charge in [0.05, 0.1) is 17.5 Å². The van der Waals surface area contributed by atoms with Crippen LogP contribution in [0.2, 0.25) is 0 Å². The van der Waals surface area contributed by atoms with Crippen LogP contribution in [0.25, 0.3) is 10.8 Å². The predicted octanol–water partition coefficient (Wildman–Crippen LogP) is 7.66. The summed E-state index contributed by atoms with van der Waals surface area (Å²) in [5.41, 5.74) is 0.658. The smallest absolute Gasteiger partial charge is 0.219 e. The zero-order valence-corrected chi connectivity index (χ0v) is 24.1. The molecule has 0 fully saturated rings. The number of ether oxygens (including phenoxy) is 2. The quantitative estimate of drug-likeness (QED) is 0.0430. The maximum atomic E-state index is 11.5. The molecule has 5 aromatic rings. The molecule has 4 nitrogen and oxygen atoms in total. The Labute approximate surface area is 250 Å². The number of allylic oxidation sites excluding steroid dienone is 1. The molecular weight excluding hydrogens is 605 g/mol. The van der Waals surface area contributed by atoms with Crippen LogP contribution < -0.4 is 9.47 Å². The molecule has 0 saturated carbocycles. The Morgan fingerprint density at radius 3 is 1.88 bits per heavy atom. The molecule has 201 valence electrons. The molecule has 0 aliphatic rings. The minimum atomic E-state index is -0.251. The number of Topliss-reactive ketones (excluding diaryl/α,β-unsaturated/α-hetero) is 1. The van der Waals surface area contributed by atoms with E-state index >= 15 is 0 Å². The molecule has 6 heteroatoms. The number of hydrogen-bond acceptors (Lipinski definition) is 4. The molecule has 0 aromatic heterocycles. The van der Waals surface area contributed by atoms with E-state index in [-0.39, 0.29) is 55.1 Å². The Bertz CT molecular complexity index is 1570. The average molecular weight is 633 g/mol. The Morgan fingerprint density at radius 1 is 0.725 bits per heavy atom. The number of nitrogens with one attached hydrogen (secondary N) is 1. The van der Waals surface area contributed by atoms with Crippen LogP contribution >= 0.6 is 0 Å². The van der Waals surface area contributed by atoms with Crippen molar-refractivity contribution < 1.29 is 33.7 Å². The molecule has 0 saturated heterocycles. The number of carbonyl (C=O) groups is 1. The van der Waals surface area contributed by atoms with Gasteiger partial charge in [-0.05, 0) is 71.8 Å². The maximum Gasteiger partial charge on any atom is 0.219 e. The van der Waals surface area contributed by atoms with Gasteiger partial charge in [-0.2, -0.15) is 0 Å². The fourth-order valence-electron chi connectivity index (χ4n) is 4.28.